The third-order valence-electron chi connectivity index (χ3n) is 3.94. The molecule has 116 valence electrons. The second kappa shape index (κ2) is 6.31. The maximum atomic E-state index is 10.6. The second-order valence-electron chi connectivity index (χ2n) is 6.16. The summed E-state index contributed by atoms with van der Waals surface area (Å²) < 4.78 is 0.968. The summed E-state index contributed by atoms with van der Waals surface area (Å²) in [6, 6.07) is 24.8. The van der Waals surface area contributed by atoms with Crippen LogP contribution in [0.2, 0.25) is 0 Å². The molecule has 0 saturated heterocycles. The van der Waals surface area contributed by atoms with E-state index in [1.54, 1.807) is 0 Å². The molecule has 23 heavy (non-hydrogen) atoms. The van der Waals surface area contributed by atoms with Gasteiger partial charge in [0.2, 0.25) is 0 Å². The zero-order valence-corrected chi connectivity index (χ0v) is 14.8. The van der Waals surface area contributed by atoms with Gasteiger partial charge in [-0.2, -0.15) is 0 Å². The molecule has 3 aromatic carbocycles. The quantitative estimate of drug-likeness (QED) is 0.601. The number of hydrogen-bond donors (Lipinski definition) is 1. The summed E-state index contributed by atoms with van der Waals surface area (Å²) in [7, 11) is 0. The first-order valence-corrected chi connectivity index (χ1v) is 8.43. The minimum absolute atomic E-state index is 0.912. The van der Waals surface area contributed by atoms with E-state index in [9.17, 15) is 5.11 Å². The van der Waals surface area contributed by atoms with Crippen LogP contribution in [0.1, 0.15) is 19.4 Å². The van der Waals surface area contributed by atoms with Gasteiger partial charge in [0.05, 0.1) is 5.60 Å². The van der Waals surface area contributed by atoms with E-state index in [-0.39, 0.29) is 0 Å². The standard InChI is InChI=1S/C21H19BrO/c1-21(2,23)20-14-16(22)12-13-19(20)18-11-7-6-10-17(18)15-8-4-3-5-9-15/h3-14,23H,1-2H3. The van der Waals surface area contributed by atoms with Crippen molar-refractivity contribution < 1.29 is 5.11 Å². The van der Waals surface area contributed by atoms with Crippen molar-refractivity contribution in [2.45, 2.75) is 19.4 Å². The Morgan fingerprint density at radius 2 is 1.35 bits per heavy atom. The highest BCUT2D eigenvalue weighted by atomic mass is 79.9. The average molecular weight is 367 g/mol. The Balaban J connectivity index is 2.26. The molecule has 1 nitrogen and oxygen atoms in total. The van der Waals surface area contributed by atoms with Crippen LogP contribution < -0.4 is 0 Å². The Hall–Kier alpha value is -1.90. The minimum atomic E-state index is -0.914. The van der Waals surface area contributed by atoms with Crippen LogP contribution in [-0.4, -0.2) is 5.11 Å². The largest absolute Gasteiger partial charge is 0.386 e. The fourth-order valence-electron chi connectivity index (χ4n) is 2.84. The molecular weight excluding hydrogens is 348 g/mol. The van der Waals surface area contributed by atoms with E-state index in [1.165, 1.54) is 11.1 Å². The molecule has 0 unspecified atom stereocenters. The second-order valence-corrected chi connectivity index (χ2v) is 7.08. The summed E-state index contributed by atoms with van der Waals surface area (Å²) in [5, 5.41) is 10.6. The Morgan fingerprint density at radius 1 is 0.739 bits per heavy atom. The van der Waals surface area contributed by atoms with Crippen LogP contribution in [0.3, 0.4) is 0 Å². The number of rotatable bonds is 3. The summed E-state index contributed by atoms with van der Waals surface area (Å²) in [5.41, 5.74) is 4.52. The third-order valence-corrected chi connectivity index (χ3v) is 4.44. The van der Waals surface area contributed by atoms with Gasteiger partial charge < -0.3 is 5.11 Å². The van der Waals surface area contributed by atoms with Crippen LogP contribution in [0, 0.1) is 0 Å². The summed E-state index contributed by atoms with van der Waals surface area (Å²) in [4.78, 5) is 0. The van der Waals surface area contributed by atoms with Crippen molar-refractivity contribution in [2.75, 3.05) is 0 Å². The monoisotopic (exact) mass is 366 g/mol. The molecule has 0 saturated carbocycles. The third kappa shape index (κ3) is 3.39. The van der Waals surface area contributed by atoms with E-state index >= 15 is 0 Å². The fourth-order valence-corrected chi connectivity index (χ4v) is 3.21. The summed E-state index contributed by atoms with van der Waals surface area (Å²) in [6.45, 7) is 3.65. The van der Waals surface area contributed by atoms with Crippen molar-refractivity contribution in [1.29, 1.82) is 0 Å². The predicted molar refractivity (Wildman–Crippen MR) is 100 cm³/mol. The van der Waals surface area contributed by atoms with Crippen molar-refractivity contribution in [3.8, 4) is 22.3 Å². The van der Waals surface area contributed by atoms with Gasteiger partial charge in [0.15, 0.2) is 0 Å². The SMILES string of the molecule is CC(C)(O)c1cc(Br)ccc1-c1ccccc1-c1ccccc1. The van der Waals surface area contributed by atoms with Crippen LogP contribution in [0.25, 0.3) is 22.3 Å². The van der Waals surface area contributed by atoms with Gasteiger partial charge in [-0.15, -0.1) is 0 Å². The van der Waals surface area contributed by atoms with Gasteiger partial charge in [-0.3, -0.25) is 0 Å². The van der Waals surface area contributed by atoms with Crippen LogP contribution >= 0.6 is 15.9 Å². The Bertz CT molecular complexity index is 817. The molecule has 0 aliphatic rings. The predicted octanol–water partition coefficient (Wildman–Crippen LogP) is 6.01. The van der Waals surface area contributed by atoms with Crippen molar-refractivity contribution in [3.05, 3.63) is 82.8 Å². The van der Waals surface area contributed by atoms with E-state index in [2.05, 4.69) is 52.3 Å². The molecule has 0 radical (unpaired) electrons. The summed E-state index contributed by atoms with van der Waals surface area (Å²) in [6.07, 6.45) is 0. The van der Waals surface area contributed by atoms with Crippen LogP contribution in [-0.2, 0) is 5.60 Å². The lowest BCUT2D eigenvalue weighted by Crippen LogP contribution is -2.17. The van der Waals surface area contributed by atoms with Gasteiger partial charge in [-0.05, 0) is 53.8 Å². The number of halogens is 1. The van der Waals surface area contributed by atoms with E-state index in [4.69, 9.17) is 0 Å². The van der Waals surface area contributed by atoms with Crippen LogP contribution in [0.5, 0.6) is 0 Å². The van der Waals surface area contributed by atoms with Crippen molar-refractivity contribution in [3.63, 3.8) is 0 Å². The molecule has 0 atom stereocenters. The molecule has 0 fully saturated rings. The topological polar surface area (TPSA) is 20.2 Å². The molecule has 0 heterocycles. The van der Waals surface area contributed by atoms with Crippen molar-refractivity contribution in [2.24, 2.45) is 0 Å². The summed E-state index contributed by atoms with van der Waals surface area (Å²) >= 11 is 3.51. The lowest BCUT2D eigenvalue weighted by atomic mass is 9.86. The molecule has 2 heteroatoms. The first kappa shape index (κ1) is 16.0. The smallest absolute Gasteiger partial charge is 0.0846 e. The highest BCUT2D eigenvalue weighted by molar-refractivity contribution is 9.10. The highest BCUT2D eigenvalue weighted by Crippen LogP contribution is 2.38. The van der Waals surface area contributed by atoms with Crippen LogP contribution in [0.15, 0.2) is 77.3 Å². The summed E-state index contributed by atoms with van der Waals surface area (Å²) in [5.74, 6) is 0. The number of hydrogen-bond acceptors (Lipinski definition) is 1. The molecule has 0 spiro atoms. The Kier molecular flexibility index (Phi) is 4.38. The van der Waals surface area contributed by atoms with Crippen molar-refractivity contribution in [1.82, 2.24) is 0 Å². The van der Waals surface area contributed by atoms with Crippen molar-refractivity contribution >= 4 is 15.9 Å². The molecule has 3 aromatic rings. The molecule has 1 N–H and O–H groups in total. The molecule has 3 rings (SSSR count). The van der Waals surface area contributed by atoms with Crippen LogP contribution in [0.4, 0.5) is 0 Å². The average Bonchev–Trinajstić information content (AvgIpc) is 2.55. The first-order valence-electron chi connectivity index (χ1n) is 7.64. The lowest BCUT2D eigenvalue weighted by molar-refractivity contribution is 0.0791. The van der Waals surface area contributed by atoms with Gasteiger partial charge in [0, 0.05) is 4.47 Å². The van der Waals surface area contributed by atoms with Gasteiger partial charge in [-0.1, -0.05) is 76.6 Å². The number of aliphatic hydroxyl groups is 1. The molecule has 0 bridgehead atoms. The van der Waals surface area contributed by atoms with E-state index in [1.807, 2.05) is 50.2 Å². The Labute approximate surface area is 145 Å². The normalized spacial score (nSPS) is 11.5. The van der Waals surface area contributed by atoms with E-state index in [0.717, 1.165) is 21.2 Å². The van der Waals surface area contributed by atoms with E-state index in [0.29, 0.717) is 0 Å². The molecule has 0 amide bonds. The Morgan fingerprint density at radius 3 is 2.00 bits per heavy atom. The first-order chi connectivity index (χ1) is 11.0. The minimum Gasteiger partial charge on any atom is -0.386 e. The maximum absolute atomic E-state index is 10.6. The maximum Gasteiger partial charge on any atom is 0.0846 e. The van der Waals surface area contributed by atoms with Gasteiger partial charge >= 0.3 is 0 Å². The van der Waals surface area contributed by atoms with Gasteiger partial charge in [0.1, 0.15) is 0 Å². The van der Waals surface area contributed by atoms with Gasteiger partial charge in [-0.25, -0.2) is 0 Å². The fraction of sp³-hybridized carbons (Fsp3) is 0.143. The molecule has 0 aliphatic carbocycles. The highest BCUT2D eigenvalue weighted by Gasteiger charge is 2.22. The van der Waals surface area contributed by atoms with Gasteiger partial charge in [0.25, 0.3) is 0 Å². The zero-order chi connectivity index (χ0) is 16.4. The number of benzene rings is 3. The zero-order valence-electron chi connectivity index (χ0n) is 13.3. The molecular formula is C21H19BrO. The molecule has 0 aliphatic heterocycles. The molecule has 0 aromatic heterocycles. The van der Waals surface area contributed by atoms with E-state index < -0.39 is 5.60 Å². The lowest BCUT2D eigenvalue weighted by Gasteiger charge is -2.23.